The van der Waals surface area contributed by atoms with Gasteiger partial charge in [-0.3, -0.25) is 5.41 Å². The number of rotatable bonds is 4. The third-order valence-electron chi connectivity index (χ3n) is 3.08. The lowest BCUT2D eigenvalue weighted by molar-refractivity contribution is -0.134. The highest BCUT2D eigenvalue weighted by Crippen LogP contribution is 2.22. The summed E-state index contributed by atoms with van der Waals surface area (Å²) in [5.74, 6) is -0.831. The average Bonchev–Trinajstić information content (AvgIpc) is 2.89. The Kier molecular flexibility index (Phi) is 4.87. The number of hydrogen-bond donors (Lipinski definition) is 1. The monoisotopic (exact) mass is 328 g/mol. The van der Waals surface area contributed by atoms with Gasteiger partial charge >= 0.3 is 12.1 Å². The van der Waals surface area contributed by atoms with E-state index in [9.17, 15) is 9.59 Å². The molecule has 0 bridgehead atoms. The topological polar surface area (TPSA) is 81.4 Å². The predicted molar refractivity (Wildman–Crippen MR) is 91.6 cm³/mol. The second-order valence-corrected chi connectivity index (χ2v) is 6.17. The number of benzene rings is 1. The molecule has 0 saturated carbocycles. The van der Waals surface area contributed by atoms with Crippen molar-refractivity contribution in [2.75, 3.05) is 6.61 Å². The fraction of sp³-hybridized carbons (Fsp3) is 0.278. The molecule has 0 aliphatic heterocycles. The first-order valence-corrected chi connectivity index (χ1v) is 7.45. The third kappa shape index (κ3) is 3.71. The SMILES string of the molecule is C=CCOC(=O)C(=N)c1cc2ccccc2n1C(=O)OC(C)(C)C. The minimum absolute atomic E-state index is 0.00607. The summed E-state index contributed by atoms with van der Waals surface area (Å²) in [6.07, 6.45) is 0.758. The maximum atomic E-state index is 12.6. The zero-order valence-corrected chi connectivity index (χ0v) is 14.0. The van der Waals surface area contributed by atoms with Gasteiger partial charge in [0.05, 0.1) is 11.2 Å². The van der Waals surface area contributed by atoms with Crippen LogP contribution in [-0.2, 0) is 14.3 Å². The summed E-state index contributed by atoms with van der Waals surface area (Å²) in [7, 11) is 0. The first-order chi connectivity index (χ1) is 11.2. The van der Waals surface area contributed by atoms with Crippen molar-refractivity contribution in [1.82, 2.24) is 4.57 Å². The van der Waals surface area contributed by atoms with Crippen LogP contribution in [0.25, 0.3) is 10.9 Å². The van der Waals surface area contributed by atoms with Crippen molar-refractivity contribution in [3.8, 4) is 0 Å². The molecule has 1 aromatic carbocycles. The Hall–Kier alpha value is -2.89. The number of carbonyl (C=O) groups is 2. The number of nitrogens with zero attached hydrogens (tertiary/aromatic N) is 1. The van der Waals surface area contributed by atoms with E-state index in [4.69, 9.17) is 14.9 Å². The summed E-state index contributed by atoms with van der Waals surface area (Å²) in [6, 6.07) is 8.70. The summed E-state index contributed by atoms with van der Waals surface area (Å²) in [5, 5.41) is 8.80. The molecule has 0 spiro atoms. The Bertz CT molecular complexity index is 812. The van der Waals surface area contributed by atoms with Gasteiger partial charge in [0.25, 0.3) is 0 Å². The molecule has 0 aliphatic carbocycles. The smallest absolute Gasteiger partial charge is 0.419 e. The second-order valence-electron chi connectivity index (χ2n) is 6.17. The first kappa shape index (κ1) is 17.5. The fourth-order valence-electron chi connectivity index (χ4n) is 2.15. The lowest BCUT2D eigenvalue weighted by Crippen LogP contribution is -2.30. The molecule has 2 aromatic rings. The van der Waals surface area contributed by atoms with Crippen LogP contribution in [0.5, 0.6) is 0 Å². The van der Waals surface area contributed by atoms with E-state index >= 15 is 0 Å². The molecule has 0 fully saturated rings. The number of hydrogen-bond acceptors (Lipinski definition) is 5. The summed E-state index contributed by atoms with van der Waals surface area (Å²) in [5.41, 5.74) is -0.438. The second kappa shape index (κ2) is 6.70. The Labute approximate surface area is 140 Å². The Morgan fingerprint density at radius 1 is 1.29 bits per heavy atom. The molecule has 1 N–H and O–H groups in total. The van der Waals surface area contributed by atoms with Gasteiger partial charge < -0.3 is 9.47 Å². The van der Waals surface area contributed by atoms with E-state index in [1.165, 1.54) is 10.6 Å². The molecule has 0 atom stereocenters. The Balaban J connectivity index is 2.51. The largest absolute Gasteiger partial charge is 0.457 e. The zero-order chi connectivity index (χ0) is 17.9. The van der Waals surface area contributed by atoms with E-state index in [-0.39, 0.29) is 12.3 Å². The molecule has 126 valence electrons. The molecule has 1 heterocycles. The molecule has 0 amide bonds. The number of aromatic nitrogens is 1. The number of carbonyl (C=O) groups excluding carboxylic acids is 2. The van der Waals surface area contributed by atoms with Gasteiger partial charge in [0.1, 0.15) is 12.2 Å². The van der Waals surface area contributed by atoms with Crippen LogP contribution in [0.15, 0.2) is 43.0 Å². The standard InChI is InChI=1S/C18H20N2O4/c1-5-10-23-16(21)15(19)14-11-12-8-6-7-9-13(12)20(14)17(22)24-18(2,3)4/h5-9,11,19H,1,10H2,2-4H3. The minimum Gasteiger partial charge on any atom is -0.457 e. The van der Waals surface area contributed by atoms with E-state index in [1.54, 1.807) is 45.0 Å². The van der Waals surface area contributed by atoms with Crippen molar-refractivity contribution >= 4 is 28.7 Å². The summed E-state index contributed by atoms with van der Waals surface area (Å²) in [6.45, 7) is 8.70. The van der Waals surface area contributed by atoms with Crippen LogP contribution in [0.4, 0.5) is 4.79 Å². The summed E-state index contributed by atoms with van der Waals surface area (Å²) in [4.78, 5) is 24.6. The van der Waals surface area contributed by atoms with E-state index in [0.29, 0.717) is 5.52 Å². The molecule has 0 radical (unpaired) electrons. The molecular formula is C18H20N2O4. The van der Waals surface area contributed by atoms with Gasteiger partial charge in [-0.15, -0.1) is 0 Å². The lowest BCUT2D eigenvalue weighted by atomic mass is 10.2. The van der Waals surface area contributed by atoms with Gasteiger partial charge in [-0.2, -0.15) is 0 Å². The zero-order valence-electron chi connectivity index (χ0n) is 14.0. The fourth-order valence-corrected chi connectivity index (χ4v) is 2.15. The number of para-hydroxylation sites is 1. The average molecular weight is 328 g/mol. The first-order valence-electron chi connectivity index (χ1n) is 7.45. The Morgan fingerprint density at radius 3 is 2.58 bits per heavy atom. The van der Waals surface area contributed by atoms with Crippen molar-refractivity contribution in [2.24, 2.45) is 0 Å². The molecule has 6 nitrogen and oxygen atoms in total. The number of esters is 1. The lowest BCUT2D eigenvalue weighted by Gasteiger charge is -2.21. The number of nitrogens with one attached hydrogen (secondary N) is 1. The van der Waals surface area contributed by atoms with Crippen molar-refractivity contribution in [3.05, 3.63) is 48.7 Å². The maximum absolute atomic E-state index is 12.6. The highest BCUT2D eigenvalue weighted by molar-refractivity contribution is 6.42. The predicted octanol–water partition coefficient (Wildman–Crippen LogP) is 3.52. The molecule has 0 unspecified atom stereocenters. The van der Waals surface area contributed by atoms with Crippen LogP contribution in [-0.4, -0.2) is 34.5 Å². The van der Waals surface area contributed by atoms with Crippen molar-refractivity contribution < 1.29 is 19.1 Å². The molecule has 0 saturated heterocycles. The molecule has 24 heavy (non-hydrogen) atoms. The van der Waals surface area contributed by atoms with E-state index in [0.717, 1.165) is 5.39 Å². The van der Waals surface area contributed by atoms with Crippen LogP contribution in [0.2, 0.25) is 0 Å². The number of fused-ring (bicyclic) bond motifs is 1. The van der Waals surface area contributed by atoms with Gasteiger partial charge in [-0.1, -0.05) is 30.9 Å². The maximum Gasteiger partial charge on any atom is 0.419 e. The van der Waals surface area contributed by atoms with Crippen molar-refractivity contribution in [1.29, 1.82) is 5.41 Å². The molecule has 6 heteroatoms. The van der Waals surface area contributed by atoms with Gasteiger partial charge in [0.2, 0.25) is 0 Å². The Morgan fingerprint density at radius 2 is 1.96 bits per heavy atom. The van der Waals surface area contributed by atoms with Crippen LogP contribution < -0.4 is 0 Å². The molecule has 0 aliphatic rings. The molecular weight excluding hydrogens is 308 g/mol. The molecule has 2 rings (SSSR count). The van der Waals surface area contributed by atoms with Gasteiger partial charge in [0.15, 0.2) is 5.71 Å². The van der Waals surface area contributed by atoms with Crippen molar-refractivity contribution in [3.63, 3.8) is 0 Å². The van der Waals surface area contributed by atoms with Gasteiger partial charge in [0, 0.05) is 5.39 Å². The van der Waals surface area contributed by atoms with Crippen molar-refractivity contribution in [2.45, 2.75) is 26.4 Å². The number of ether oxygens (including phenoxy) is 2. The van der Waals surface area contributed by atoms with E-state index < -0.39 is 23.4 Å². The van der Waals surface area contributed by atoms with Crippen LogP contribution in [0.3, 0.4) is 0 Å². The van der Waals surface area contributed by atoms with E-state index in [2.05, 4.69) is 6.58 Å². The van der Waals surface area contributed by atoms with Crippen LogP contribution >= 0.6 is 0 Å². The molecule has 1 aromatic heterocycles. The quantitative estimate of drug-likeness (QED) is 0.529. The van der Waals surface area contributed by atoms with Crippen LogP contribution in [0, 0.1) is 5.41 Å². The van der Waals surface area contributed by atoms with E-state index in [1.807, 2.05) is 6.07 Å². The highest BCUT2D eigenvalue weighted by atomic mass is 16.6. The summed E-state index contributed by atoms with van der Waals surface area (Å²) >= 11 is 0. The van der Waals surface area contributed by atoms with Gasteiger partial charge in [-0.25, -0.2) is 14.2 Å². The third-order valence-corrected chi connectivity index (χ3v) is 3.08. The highest BCUT2D eigenvalue weighted by Gasteiger charge is 2.26. The normalized spacial score (nSPS) is 11.1. The minimum atomic E-state index is -0.831. The van der Waals surface area contributed by atoms with Crippen LogP contribution in [0.1, 0.15) is 26.5 Å². The summed E-state index contributed by atoms with van der Waals surface area (Å²) < 4.78 is 11.5. The van der Waals surface area contributed by atoms with Gasteiger partial charge in [-0.05, 0) is 32.9 Å².